The fraction of sp³-hybridized carbons (Fsp3) is 0.533. The largest absolute Gasteiger partial charge is 0.494 e. The Bertz CT molecular complexity index is 448. The monoisotopic (exact) mass is 297 g/mol. The molecule has 0 fully saturated rings. The molecule has 0 radical (unpaired) electrons. The van der Waals surface area contributed by atoms with Crippen LogP contribution >= 0.6 is 11.8 Å². The minimum absolute atomic E-state index is 0.477. The number of rotatable bonds is 8. The van der Waals surface area contributed by atoms with Gasteiger partial charge in [-0.2, -0.15) is 11.8 Å². The molecule has 4 nitrogen and oxygen atoms in total. The number of nitrogens with two attached hydrogens (primary N) is 1. The van der Waals surface area contributed by atoms with Crippen molar-refractivity contribution in [3.05, 3.63) is 29.8 Å². The maximum absolute atomic E-state index is 10.9. The zero-order valence-electron chi connectivity index (χ0n) is 12.3. The molecule has 0 aliphatic rings. The molecule has 0 unspecified atom stereocenters. The zero-order valence-corrected chi connectivity index (χ0v) is 13.1. The second-order valence-electron chi connectivity index (χ2n) is 5.29. The lowest BCUT2D eigenvalue weighted by Gasteiger charge is -2.27. The smallest absolute Gasteiger partial charge is 0.321 e. The Balaban J connectivity index is 2.27. The van der Waals surface area contributed by atoms with Gasteiger partial charge in [-0.05, 0) is 50.6 Å². The Morgan fingerprint density at radius 3 is 2.80 bits per heavy atom. The number of ether oxygens (including phenoxy) is 1. The number of thioether (sulfide) groups is 1. The van der Waals surface area contributed by atoms with Crippen molar-refractivity contribution in [1.29, 1.82) is 0 Å². The second kappa shape index (κ2) is 7.55. The Morgan fingerprint density at radius 1 is 1.50 bits per heavy atom. The molecule has 0 spiro atoms. The number of carbonyl (C=O) groups is 1. The number of hydrogen-bond acceptors (Lipinski definition) is 4. The summed E-state index contributed by atoms with van der Waals surface area (Å²) in [6, 6.07) is 7.07. The lowest BCUT2D eigenvalue weighted by molar-refractivity contribution is -0.139. The molecule has 0 saturated heterocycles. The highest BCUT2D eigenvalue weighted by atomic mass is 32.2. The number of aryl methyl sites for hydroxylation is 1. The topological polar surface area (TPSA) is 72.5 Å². The molecule has 3 N–H and O–H groups in total. The molecule has 0 amide bonds. The molecule has 1 aromatic carbocycles. The Kier molecular flexibility index (Phi) is 6.36. The van der Waals surface area contributed by atoms with Crippen molar-refractivity contribution < 1.29 is 14.6 Å². The van der Waals surface area contributed by atoms with Crippen molar-refractivity contribution in [2.45, 2.75) is 38.0 Å². The van der Waals surface area contributed by atoms with E-state index in [4.69, 9.17) is 15.6 Å². The molecule has 1 aromatic rings. The average Bonchev–Trinajstić information content (AvgIpc) is 2.37. The van der Waals surface area contributed by atoms with Gasteiger partial charge in [-0.15, -0.1) is 0 Å². The van der Waals surface area contributed by atoms with E-state index in [-0.39, 0.29) is 0 Å². The van der Waals surface area contributed by atoms with Crippen molar-refractivity contribution in [2.75, 3.05) is 12.4 Å². The number of carboxylic acids is 1. The highest BCUT2D eigenvalue weighted by molar-refractivity contribution is 8.00. The van der Waals surface area contributed by atoms with Gasteiger partial charge in [0.15, 0.2) is 0 Å². The quantitative estimate of drug-likeness (QED) is 0.722. The van der Waals surface area contributed by atoms with E-state index in [1.165, 1.54) is 5.56 Å². The van der Waals surface area contributed by atoms with E-state index in [2.05, 4.69) is 0 Å². The van der Waals surface area contributed by atoms with Crippen LogP contribution in [0.15, 0.2) is 24.3 Å². The average molecular weight is 297 g/mol. The van der Waals surface area contributed by atoms with E-state index in [1.54, 1.807) is 11.8 Å². The van der Waals surface area contributed by atoms with Crippen LogP contribution in [0.25, 0.3) is 0 Å². The van der Waals surface area contributed by atoms with Gasteiger partial charge in [0.1, 0.15) is 11.8 Å². The standard InChI is InChI=1S/C15H23NO3S/c1-11-6-4-7-12(10-11)19-8-5-9-20-15(2,3)13(16)14(17)18/h4,6-7,10,13H,5,8-9,16H2,1-3H3,(H,17,18)/t13-/m0/s1. The molecule has 0 heterocycles. The van der Waals surface area contributed by atoms with Crippen LogP contribution in [0.2, 0.25) is 0 Å². The molecule has 1 rings (SSSR count). The van der Waals surface area contributed by atoms with Crippen LogP contribution < -0.4 is 10.5 Å². The molecule has 112 valence electrons. The van der Waals surface area contributed by atoms with Gasteiger partial charge >= 0.3 is 5.97 Å². The third-order valence-electron chi connectivity index (χ3n) is 3.04. The molecule has 0 aromatic heterocycles. The fourth-order valence-corrected chi connectivity index (χ4v) is 2.75. The van der Waals surface area contributed by atoms with Crippen LogP contribution in [0.5, 0.6) is 5.75 Å². The summed E-state index contributed by atoms with van der Waals surface area (Å²) in [5.41, 5.74) is 6.84. The van der Waals surface area contributed by atoms with E-state index in [1.807, 2.05) is 45.0 Å². The number of carboxylic acid groups (broad SMARTS) is 1. The van der Waals surface area contributed by atoms with Crippen molar-refractivity contribution in [3.63, 3.8) is 0 Å². The van der Waals surface area contributed by atoms with Crippen LogP contribution in [-0.4, -0.2) is 34.2 Å². The normalized spacial score (nSPS) is 13.0. The fourth-order valence-electron chi connectivity index (χ4n) is 1.68. The minimum atomic E-state index is -0.960. The van der Waals surface area contributed by atoms with Crippen LogP contribution in [0, 0.1) is 6.92 Å². The maximum Gasteiger partial charge on any atom is 0.321 e. The van der Waals surface area contributed by atoms with Gasteiger partial charge < -0.3 is 15.6 Å². The Labute approximate surface area is 124 Å². The summed E-state index contributed by atoms with van der Waals surface area (Å²) in [5, 5.41) is 8.93. The molecular weight excluding hydrogens is 274 g/mol. The summed E-state index contributed by atoms with van der Waals surface area (Å²) in [6.45, 7) is 6.36. The summed E-state index contributed by atoms with van der Waals surface area (Å²) in [4.78, 5) is 10.9. The minimum Gasteiger partial charge on any atom is -0.494 e. The predicted octanol–water partition coefficient (Wildman–Crippen LogP) is 2.69. The van der Waals surface area contributed by atoms with Gasteiger partial charge in [-0.1, -0.05) is 12.1 Å². The molecule has 1 atom stereocenters. The molecule has 20 heavy (non-hydrogen) atoms. The summed E-state index contributed by atoms with van der Waals surface area (Å²) in [6.07, 6.45) is 0.856. The van der Waals surface area contributed by atoms with Crippen LogP contribution in [0.3, 0.4) is 0 Å². The first kappa shape index (κ1) is 16.9. The van der Waals surface area contributed by atoms with Crippen molar-refractivity contribution in [2.24, 2.45) is 5.73 Å². The first-order valence-corrected chi connectivity index (χ1v) is 7.63. The SMILES string of the molecule is Cc1cccc(OCCCSC(C)(C)[C@@H](N)C(=O)O)c1. The van der Waals surface area contributed by atoms with Gasteiger partial charge in [0.05, 0.1) is 6.61 Å². The molecule has 0 saturated carbocycles. The number of benzene rings is 1. The molecule has 0 aliphatic carbocycles. The summed E-state index contributed by atoms with van der Waals surface area (Å²) in [5.74, 6) is 0.731. The highest BCUT2D eigenvalue weighted by Crippen LogP contribution is 2.28. The van der Waals surface area contributed by atoms with Crippen molar-refractivity contribution >= 4 is 17.7 Å². The van der Waals surface area contributed by atoms with Crippen LogP contribution in [0.4, 0.5) is 0 Å². The highest BCUT2D eigenvalue weighted by Gasteiger charge is 2.32. The Morgan fingerprint density at radius 2 is 2.20 bits per heavy atom. The number of hydrogen-bond donors (Lipinski definition) is 2. The van der Waals surface area contributed by atoms with Crippen molar-refractivity contribution in [1.82, 2.24) is 0 Å². The Hall–Kier alpha value is -1.20. The first-order chi connectivity index (χ1) is 9.33. The summed E-state index contributed by atoms with van der Waals surface area (Å²) >= 11 is 1.57. The van der Waals surface area contributed by atoms with Gasteiger partial charge in [0.25, 0.3) is 0 Å². The van der Waals surface area contributed by atoms with E-state index in [0.717, 1.165) is 17.9 Å². The van der Waals surface area contributed by atoms with Gasteiger partial charge in [-0.25, -0.2) is 0 Å². The van der Waals surface area contributed by atoms with Crippen LogP contribution in [0.1, 0.15) is 25.8 Å². The predicted molar refractivity (Wildman–Crippen MR) is 83.4 cm³/mol. The van der Waals surface area contributed by atoms with Crippen molar-refractivity contribution in [3.8, 4) is 5.75 Å². The third-order valence-corrected chi connectivity index (χ3v) is 4.53. The van der Waals surface area contributed by atoms with Gasteiger partial charge in [-0.3, -0.25) is 4.79 Å². The molecule has 5 heteroatoms. The lowest BCUT2D eigenvalue weighted by atomic mass is 10.1. The van der Waals surface area contributed by atoms with E-state index >= 15 is 0 Å². The van der Waals surface area contributed by atoms with E-state index in [0.29, 0.717) is 6.61 Å². The van der Waals surface area contributed by atoms with Gasteiger partial charge in [0, 0.05) is 4.75 Å². The van der Waals surface area contributed by atoms with Gasteiger partial charge in [0.2, 0.25) is 0 Å². The molecule has 0 bridgehead atoms. The maximum atomic E-state index is 10.9. The number of aliphatic carboxylic acids is 1. The second-order valence-corrected chi connectivity index (χ2v) is 7.04. The lowest BCUT2D eigenvalue weighted by Crippen LogP contribution is -2.46. The molecule has 0 aliphatic heterocycles. The van der Waals surface area contributed by atoms with Crippen LogP contribution in [-0.2, 0) is 4.79 Å². The first-order valence-electron chi connectivity index (χ1n) is 6.65. The van der Waals surface area contributed by atoms with E-state index < -0.39 is 16.8 Å². The summed E-state index contributed by atoms with van der Waals surface area (Å²) < 4.78 is 5.17. The molecular formula is C15H23NO3S. The summed E-state index contributed by atoms with van der Waals surface area (Å²) in [7, 11) is 0. The zero-order chi connectivity index (χ0) is 15.2. The van der Waals surface area contributed by atoms with E-state index in [9.17, 15) is 4.79 Å². The third kappa shape index (κ3) is 5.43.